The first-order valence-corrected chi connectivity index (χ1v) is 9.38. The first kappa shape index (κ1) is 22.7. The van der Waals surface area contributed by atoms with Crippen LogP contribution in [0.3, 0.4) is 0 Å². The minimum atomic E-state index is -4.90. The highest BCUT2D eigenvalue weighted by Crippen LogP contribution is 2.36. The number of nitrogens with one attached hydrogen (secondary N) is 1. The van der Waals surface area contributed by atoms with Crippen LogP contribution in [0.2, 0.25) is 0 Å². The van der Waals surface area contributed by atoms with Gasteiger partial charge >= 0.3 is 13.8 Å². The van der Waals surface area contributed by atoms with Crippen LogP contribution in [0.5, 0.6) is 0 Å². The van der Waals surface area contributed by atoms with Crippen LogP contribution in [-0.2, 0) is 13.9 Å². The fraction of sp³-hybridized carbons (Fsp3) is 0.875. The average Bonchev–Trinajstić information content (AvgIpc) is 2.30. The lowest BCUT2D eigenvalue weighted by Gasteiger charge is -2.27. The Morgan fingerprint density at radius 1 is 1.22 bits per heavy atom. The molecule has 0 saturated heterocycles. The van der Waals surface area contributed by atoms with Crippen molar-refractivity contribution in [2.75, 3.05) is 26.0 Å². The maximum Gasteiger partial charge on any atom is 0.469 e. The van der Waals surface area contributed by atoms with Crippen LogP contribution >= 0.6 is 15.8 Å². The third kappa shape index (κ3) is 11.8. The molecule has 0 aliphatic rings. The Kier molecular flexibility index (Phi) is 9.17. The highest BCUT2D eigenvalue weighted by atomic mass is 31.2. The summed E-state index contributed by atoms with van der Waals surface area (Å²) >= 11 is 0. The molecule has 1 unspecified atom stereocenters. The van der Waals surface area contributed by atoms with Crippen molar-refractivity contribution in [1.29, 1.82) is 0 Å². The van der Waals surface area contributed by atoms with E-state index in [1.807, 2.05) is 0 Å². The van der Waals surface area contributed by atoms with Gasteiger partial charge in [0, 0.05) is 0 Å². The molecule has 13 nitrogen and oxygen atoms in total. The van der Waals surface area contributed by atoms with Crippen molar-refractivity contribution in [3.63, 3.8) is 0 Å². The molecule has 0 heterocycles. The molecule has 0 saturated carbocycles. The lowest BCUT2D eigenvalue weighted by molar-refractivity contribution is -0.887. The molecule has 0 aromatic carbocycles. The SMILES string of the molecule is O=C(O)C[NH+](C[C@@H](O)[C@H](O)[C@H](O)COP(=O)(O)O)C[P+]([O-])(O)O. The molecular formula is C8H20NO12P2+. The van der Waals surface area contributed by atoms with E-state index in [9.17, 15) is 29.6 Å². The van der Waals surface area contributed by atoms with Crippen LogP contribution in [0, 0.1) is 0 Å². The van der Waals surface area contributed by atoms with E-state index in [0.717, 1.165) is 0 Å². The second-order valence-corrected chi connectivity index (χ2v) is 7.64. The fourth-order valence-electron chi connectivity index (χ4n) is 1.64. The molecule has 0 fully saturated rings. The molecule has 0 aliphatic heterocycles. The molecule has 0 radical (unpaired) electrons. The van der Waals surface area contributed by atoms with E-state index in [1.54, 1.807) is 0 Å². The minimum Gasteiger partial charge on any atom is -0.627 e. The maximum absolute atomic E-state index is 10.9. The summed E-state index contributed by atoms with van der Waals surface area (Å²) in [6.45, 7) is -2.44. The van der Waals surface area contributed by atoms with E-state index in [0.29, 0.717) is 0 Å². The van der Waals surface area contributed by atoms with Crippen molar-refractivity contribution < 1.29 is 63.7 Å². The van der Waals surface area contributed by atoms with Gasteiger partial charge in [0.15, 0.2) is 6.54 Å². The zero-order valence-corrected chi connectivity index (χ0v) is 13.5. The minimum absolute atomic E-state index is 0.277. The number of rotatable bonds is 11. The summed E-state index contributed by atoms with van der Waals surface area (Å²) in [7, 11) is -9.51. The molecule has 0 aliphatic carbocycles. The lowest BCUT2D eigenvalue weighted by Crippen LogP contribution is -3.14. The first-order chi connectivity index (χ1) is 10.2. The Balaban J connectivity index is 4.66. The summed E-state index contributed by atoms with van der Waals surface area (Å²) in [6, 6.07) is 0. The van der Waals surface area contributed by atoms with Crippen molar-refractivity contribution in [2.24, 2.45) is 0 Å². The van der Waals surface area contributed by atoms with E-state index < -0.39 is 66.0 Å². The van der Waals surface area contributed by atoms with Crippen molar-refractivity contribution in [3.05, 3.63) is 0 Å². The summed E-state index contributed by atoms with van der Waals surface area (Å²) < 4.78 is 14.4. The van der Waals surface area contributed by atoms with Crippen molar-refractivity contribution in [3.8, 4) is 0 Å². The molecule has 4 atom stereocenters. The van der Waals surface area contributed by atoms with Gasteiger partial charge in [-0.1, -0.05) is 0 Å². The number of quaternary nitrogens is 1. The number of carbonyl (C=O) groups is 1. The summed E-state index contributed by atoms with van der Waals surface area (Å²) in [5.74, 6) is -1.42. The van der Waals surface area contributed by atoms with E-state index in [1.165, 1.54) is 0 Å². The number of aliphatic hydroxyl groups excluding tert-OH is 3. The molecule has 0 spiro atoms. The number of carboxylic acid groups (broad SMARTS) is 1. The first-order valence-electron chi connectivity index (χ1n) is 6.05. The largest absolute Gasteiger partial charge is 0.627 e. The van der Waals surface area contributed by atoms with Crippen LogP contribution in [-0.4, -0.2) is 90.3 Å². The van der Waals surface area contributed by atoms with E-state index in [2.05, 4.69) is 4.52 Å². The number of aliphatic carboxylic acids is 1. The molecule has 0 aromatic rings. The number of aliphatic hydroxyl groups is 3. The van der Waals surface area contributed by atoms with Gasteiger partial charge in [0.25, 0.3) is 7.94 Å². The summed E-state index contributed by atoms with van der Waals surface area (Å²) in [6.07, 6.45) is -6.66. The monoisotopic (exact) mass is 384 g/mol. The van der Waals surface area contributed by atoms with E-state index in [4.69, 9.17) is 24.7 Å². The van der Waals surface area contributed by atoms with E-state index >= 15 is 0 Å². The number of hydrogen-bond acceptors (Lipinski definition) is 9. The van der Waals surface area contributed by atoms with Gasteiger partial charge in [-0.3, -0.25) is 9.42 Å². The Labute approximate surface area is 130 Å². The van der Waals surface area contributed by atoms with Crippen LogP contribution in [0.4, 0.5) is 0 Å². The molecule has 0 amide bonds. The van der Waals surface area contributed by atoms with Crippen LogP contribution in [0.25, 0.3) is 0 Å². The molecule has 0 aromatic heterocycles. The average molecular weight is 384 g/mol. The summed E-state index contributed by atoms with van der Waals surface area (Å²) in [5, 5.41) is 37.3. The lowest BCUT2D eigenvalue weighted by atomic mass is 10.1. The predicted molar refractivity (Wildman–Crippen MR) is 70.6 cm³/mol. The maximum atomic E-state index is 10.9. The topological polar surface area (TPSA) is 233 Å². The smallest absolute Gasteiger partial charge is 0.469 e. The van der Waals surface area contributed by atoms with Gasteiger partial charge in [0.05, 0.1) is 6.61 Å². The number of hydrogen-bond donors (Lipinski definition) is 9. The van der Waals surface area contributed by atoms with Gasteiger partial charge in [0.2, 0.25) is 6.29 Å². The Bertz CT molecular complexity index is 422. The van der Waals surface area contributed by atoms with Gasteiger partial charge in [-0.15, -0.1) is 0 Å². The van der Waals surface area contributed by atoms with Gasteiger partial charge in [0.1, 0.15) is 24.9 Å². The summed E-state index contributed by atoms with van der Waals surface area (Å²) in [5.41, 5.74) is 0. The molecule has 23 heavy (non-hydrogen) atoms. The second kappa shape index (κ2) is 9.28. The van der Waals surface area contributed by atoms with Crippen molar-refractivity contribution in [1.82, 2.24) is 0 Å². The third-order valence-corrected chi connectivity index (χ3v) is 3.88. The molecular weight excluding hydrogens is 364 g/mol. The van der Waals surface area contributed by atoms with E-state index in [-0.39, 0.29) is 4.90 Å². The van der Waals surface area contributed by atoms with Gasteiger partial charge in [-0.05, 0) is 0 Å². The van der Waals surface area contributed by atoms with Gasteiger partial charge in [-0.25, -0.2) is 19.1 Å². The van der Waals surface area contributed by atoms with Crippen LogP contribution in [0.15, 0.2) is 0 Å². The zero-order valence-electron chi connectivity index (χ0n) is 11.7. The molecule has 0 bridgehead atoms. The Hall–Kier alpha value is -0.270. The zero-order chi connectivity index (χ0) is 18.4. The quantitative estimate of drug-likeness (QED) is 0.152. The molecule has 15 heteroatoms. The molecule has 138 valence electrons. The van der Waals surface area contributed by atoms with Crippen LogP contribution in [0.1, 0.15) is 0 Å². The number of phosphoric ester groups is 1. The third-order valence-electron chi connectivity index (χ3n) is 2.53. The standard InChI is InChI=1S/C8H19NO12P2/c10-5(8(14)6(11)3-21-23(18,19)20)1-9(2-7(12)13)4-22(15,16)17/h5-6,8,10-11,14H,1-4H2,(H,12,13)(H2,15,16,17)(H2,18,19,20)/p+1/t5-,6-,8+/m1/s1. The Morgan fingerprint density at radius 3 is 2.13 bits per heavy atom. The molecule has 9 N–H and O–H groups in total. The van der Waals surface area contributed by atoms with Crippen molar-refractivity contribution >= 4 is 21.7 Å². The summed E-state index contributed by atoms with van der Waals surface area (Å²) in [4.78, 5) is 55.8. The normalized spacial score (nSPS) is 18.3. The Morgan fingerprint density at radius 2 is 1.74 bits per heavy atom. The van der Waals surface area contributed by atoms with Crippen molar-refractivity contribution in [2.45, 2.75) is 18.3 Å². The van der Waals surface area contributed by atoms with Gasteiger partial charge in [-0.2, -0.15) is 0 Å². The number of phosphoric acid groups is 1. The number of carboxylic acids is 1. The fourth-order valence-corrected chi connectivity index (χ4v) is 2.81. The highest BCUT2D eigenvalue weighted by Gasteiger charge is 2.34. The second-order valence-electron chi connectivity index (χ2n) is 4.76. The van der Waals surface area contributed by atoms with Crippen LogP contribution < -0.4 is 9.79 Å². The highest BCUT2D eigenvalue weighted by molar-refractivity contribution is 7.56. The van der Waals surface area contributed by atoms with Gasteiger partial charge < -0.3 is 35.1 Å². The predicted octanol–water partition coefficient (Wildman–Crippen LogP) is -5.79. The molecule has 0 rings (SSSR count).